The van der Waals surface area contributed by atoms with Crippen molar-refractivity contribution in [2.24, 2.45) is 0 Å². The van der Waals surface area contributed by atoms with E-state index in [0.29, 0.717) is 6.04 Å². The van der Waals surface area contributed by atoms with E-state index in [-0.39, 0.29) is 0 Å². The predicted molar refractivity (Wildman–Crippen MR) is 78.8 cm³/mol. The highest BCUT2D eigenvalue weighted by atomic mass is 32.2. The van der Waals surface area contributed by atoms with E-state index in [2.05, 4.69) is 49.1 Å². The fourth-order valence-corrected chi connectivity index (χ4v) is 3.71. The van der Waals surface area contributed by atoms with Crippen LogP contribution in [0.2, 0.25) is 0 Å². The lowest BCUT2D eigenvalue weighted by molar-refractivity contribution is 0.768. The Bertz CT molecular complexity index is 378. The van der Waals surface area contributed by atoms with Gasteiger partial charge in [-0.15, -0.1) is 0 Å². The minimum absolute atomic E-state index is 0.587. The number of anilines is 2. The molecular formula is C14H22N2S. The van der Waals surface area contributed by atoms with Crippen molar-refractivity contribution in [1.82, 2.24) is 0 Å². The third-order valence-corrected chi connectivity index (χ3v) is 4.82. The van der Waals surface area contributed by atoms with E-state index in [1.807, 2.05) is 0 Å². The number of nitrogen functional groups attached to an aromatic ring is 1. The van der Waals surface area contributed by atoms with E-state index in [1.54, 1.807) is 0 Å². The standard InChI is InChI=1S/C14H22N2S/c1-3-17-13-9-5-7-11(13)16-12-8-4-6-10(2)14(12)15/h4,6,8,11,13,16H,3,5,7,9,15H2,1-2H3. The van der Waals surface area contributed by atoms with E-state index < -0.39 is 0 Å². The van der Waals surface area contributed by atoms with Gasteiger partial charge in [-0.2, -0.15) is 11.8 Å². The van der Waals surface area contributed by atoms with E-state index >= 15 is 0 Å². The summed E-state index contributed by atoms with van der Waals surface area (Å²) in [5, 5.41) is 4.39. The van der Waals surface area contributed by atoms with Crippen molar-refractivity contribution in [2.45, 2.75) is 44.4 Å². The molecule has 0 spiro atoms. The molecule has 0 bridgehead atoms. The number of benzene rings is 1. The van der Waals surface area contributed by atoms with Gasteiger partial charge in [-0.05, 0) is 37.1 Å². The van der Waals surface area contributed by atoms with Gasteiger partial charge in [0.05, 0.1) is 11.4 Å². The van der Waals surface area contributed by atoms with Crippen molar-refractivity contribution in [2.75, 3.05) is 16.8 Å². The maximum atomic E-state index is 6.11. The summed E-state index contributed by atoms with van der Waals surface area (Å²) in [6.45, 7) is 4.30. The SMILES string of the molecule is CCSC1CCCC1Nc1cccc(C)c1N. The molecule has 0 saturated heterocycles. The van der Waals surface area contributed by atoms with Crippen LogP contribution in [0.5, 0.6) is 0 Å². The first-order chi connectivity index (χ1) is 8.22. The molecule has 0 heterocycles. The molecule has 0 aliphatic heterocycles. The first-order valence-electron chi connectivity index (χ1n) is 6.45. The molecule has 1 saturated carbocycles. The van der Waals surface area contributed by atoms with Crippen molar-refractivity contribution in [1.29, 1.82) is 0 Å². The molecule has 0 amide bonds. The molecule has 0 radical (unpaired) electrons. The van der Waals surface area contributed by atoms with Crippen molar-refractivity contribution < 1.29 is 0 Å². The van der Waals surface area contributed by atoms with Crippen LogP contribution >= 0.6 is 11.8 Å². The molecule has 1 aliphatic rings. The van der Waals surface area contributed by atoms with Crippen LogP contribution in [-0.4, -0.2) is 17.0 Å². The number of rotatable bonds is 4. The molecule has 1 aromatic rings. The summed E-state index contributed by atoms with van der Waals surface area (Å²) in [6.07, 6.45) is 3.94. The lowest BCUT2D eigenvalue weighted by Crippen LogP contribution is -2.26. The minimum Gasteiger partial charge on any atom is -0.397 e. The van der Waals surface area contributed by atoms with Crippen molar-refractivity contribution >= 4 is 23.1 Å². The van der Waals surface area contributed by atoms with Crippen LogP contribution in [-0.2, 0) is 0 Å². The Kier molecular flexibility index (Phi) is 4.21. The van der Waals surface area contributed by atoms with Crippen LogP contribution in [0.15, 0.2) is 18.2 Å². The van der Waals surface area contributed by atoms with Crippen molar-refractivity contribution in [3.8, 4) is 0 Å². The summed E-state index contributed by atoms with van der Waals surface area (Å²) in [5.74, 6) is 1.20. The average molecular weight is 250 g/mol. The second-order valence-corrected chi connectivity index (χ2v) is 6.23. The number of hydrogen-bond donors (Lipinski definition) is 2. The lowest BCUT2D eigenvalue weighted by atomic mass is 10.1. The summed E-state index contributed by atoms with van der Waals surface area (Å²) in [7, 11) is 0. The summed E-state index contributed by atoms with van der Waals surface area (Å²) < 4.78 is 0. The normalized spacial score (nSPS) is 23.9. The monoisotopic (exact) mass is 250 g/mol. The summed E-state index contributed by atoms with van der Waals surface area (Å²) in [5.41, 5.74) is 9.28. The first kappa shape index (κ1) is 12.6. The first-order valence-corrected chi connectivity index (χ1v) is 7.50. The second kappa shape index (κ2) is 5.67. The maximum absolute atomic E-state index is 6.11. The number of nitrogens with one attached hydrogen (secondary N) is 1. The highest BCUT2D eigenvalue weighted by Crippen LogP contribution is 2.33. The zero-order chi connectivity index (χ0) is 12.3. The van der Waals surface area contributed by atoms with Crippen LogP contribution in [0.25, 0.3) is 0 Å². The second-order valence-electron chi connectivity index (χ2n) is 4.71. The molecule has 2 unspecified atom stereocenters. The Morgan fingerprint density at radius 1 is 1.41 bits per heavy atom. The van der Waals surface area contributed by atoms with Gasteiger partial charge in [-0.25, -0.2) is 0 Å². The van der Waals surface area contributed by atoms with Crippen molar-refractivity contribution in [3.63, 3.8) is 0 Å². The number of nitrogens with two attached hydrogens (primary N) is 1. The van der Waals surface area contributed by atoms with Gasteiger partial charge in [0.15, 0.2) is 0 Å². The van der Waals surface area contributed by atoms with E-state index in [9.17, 15) is 0 Å². The van der Waals surface area contributed by atoms with Gasteiger partial charge < -0.3 is 11.1 Å². The quantitative estimate of drug-likeness (QED) is 0.801. The van der Waals surface area contributed by atoms with Gasteiger partial charge in [0.1, 0.15) is 0 Å². The Labute approximate surface area is 108 Å². The zero-order valence-corrected chi connectivity index (χ0v) is 11.5. The van der Waals surface area contributed by atoms with Crippen LogP contribution in [0.1, 0.15) is 31.7 Å². The number of para-hydroxylation sites is 1. The van der Waals surface area contributed by atoms with Gasteiger partial charge >= 0.3 is 0 Å². The largest absolute Gasteiger partial charge is 0.397 e. The van der Waals surface area contributed by atoms with Crippen LogP contribution < -0.4 is 11.1 Å². The molecule has 3 N–H and O–H groups in total. The maximum Gasteiger partial charge on any atom is 0.0579 e. The summed E-state index contributed by atoms with van der Waals surface area (Å²) in [6, 6.07) is 6.82. The van der Waals surface area contributed by atoms with Crippen LogP contribution in [0.4, 0.5) is 11.4 Å². The molecule has 94 valence electrons. The minimum atomic E-state index is 0.587. The molecule has 1 aromatic carbocycles. The van der Waals surface area contributed by atoms with E-state index in [1.165, 1.54) is 25.0 Å². The highest BCUT2D eigenvalue weighted by molar-refractivity contribution is 7.99. The van der Waals surface area contributed by atoms with Gasteiger partial charge in [0.2, 0.25) is 0 Å². The zero-order valence-electron chi connectivity index (χ0n) is 10.7. The van der Waals surface area contributed by atoms with Crippen molar-refractivity contribution in [3.05, 3.63) is 23.8 Å². The molecule has 2 nitrogen and oxygen atoms in total. The Morgan fingerprint density at radius 2 is 2.24 bits per heavy atom. The molecule has 17 heavy (non-hydrogen) atoms. The predicted octanol–water partition coefficient (Wildman–Crippen LogP) is 3.66. The van der Waals surface area contributed by atoms with Gasteiger partial charge in [0.25, 0.3) is 0 Å². The van der Waals surface area contributed by atoms with E-state index in [4.69, 9.17) is 5.73 Å². The summed E-state index contributed by atoms with van der Waals surface area (Å²) in [4.78, 5) is 0. The molecule has 2 rings (SSSR count). The smallest absolute Gasteiger partial charge is 0.0579 e. The molecular weight excluding hydrogens is 228 g/mol. The third kappa shape index (κ3) is 2.89. The Hall–Kier alpha value is -0.830. The lowest BCUT2D eigenvalue weighted by Gasteiger charge is -2.22. The van der Waals surface area contributed by atoms with E-state index in [0.717, 1.165) is 22.2 Å². The van der Waals surface area contributed by atoms with Gasteiger partial charge in [-0.3, -0.25) is 0 Å². The van der Waals surface area contributed by atoms with Gasteiger partial charge in [-0.1, -0.05) is 25.5 Å². The third-order valence-electron chi connectivity index (χ3n) is 3.50. The number of thioether (sulfide) groups is 1. The number of hydrogen-bond acceptors (Lipinski definition) is 3. The Balaban J connectivity index is 2.07. The molecule has 0 aromatic heterocycles. The highest BCUT2D eigenvalue weighted by Gasteiger charge is 2.27. The number of aryl methyl sites for hydroxylation is 1. The summed E-state index contributed by atoms with van der Waals surface area (Å²) >= 11 is 2.07. The topological polar surface area (TPSA) is 38.0 Å². The van der Waals surface area contributed by atoms with Crippen LogP contribution in [0.3, 0.4) is 0 Å². The van der Waals surface area contributed by atoms with Crippen LogP contribution in [0, 0.1) is 6.92 Å². The molecule has 1 aliphatic carbocycles. The Morgan fingerprint density at radius 3 is 3.00 bits per heavy atom. The molecule has 2 atom stereocenters. The molecule has 3 heteroatoms. The van der Waals surface area contributed by atoms with Gasteiger partial charge in [0, 0.05) is 11.3 Å². The average Bonchev–Trinajstić information content (AvgIpc) is 2.73. The molecule has 1 fully saturated rings. The fraction of sp³-hybridized carbons (Fsp3) is 0.571. The fourth-order valence-electron chi connectivity index (χ4n) is 2.51.